The Morgan fingerprint density at radius 3 is 1.26 bits per heavy atom. The number of carbonyl (C=O) groups is 2. The SMILES string of the molecule is Cc1ccn2c(C(=O)c3ccccc3)c(SCc3cccc4ccccc34)c(SSc3c(SCc4cccc5ccccc45)c(C(=O)c4ccccc4)n4ccc(C)cc34)c2c1. The maximum atomic E-state index is 14.8. The van der Waals surface area contributed by atoms with E-state index in [-0.39, 0.29) is 11.6 Å². The second-order valence-corrected chi connectivity index (χ2v) is 19.5. The van der Waals surface area contributed by atoms with Crippen molar-refractivity contribution in [1.82, 2.24) is 8.80 Å². The van der Waals surface area contributed by atoms with E-state index in [1.165, 1.54) is 32.7 Å². The first-order chi connectivity index (χ1) is 30.4. The van der Waals surface area contributed by atoms with Gasteiger partial charge in [-0.05, 0) is 103 Å². The molecule has 0 fully saturated rings. The van der Waals surface area contributed by atoms with Gasteiger partial charge in [-0.1, -0.05) is 146 Å². The molecule has 10 aromatic rings. The minimum Gasteiger partial charge on any atom is -0.311 e. The molecule has 302 valence electrons. The van der Waals surface area contributed by atoms with Crippen LogP contribution in [-0.2, 0) is 11.5 Å². The number of nitrogens with zero attached hydrogens (tertiary/aromatic N) is 2. The second kappa shape index (κ2) is 17.5. The molecule has 0 amide bonds. The summed E-state index contributed by atoms with van der Waals surface area (Å²) in [7, 11) is 3.35. The molecular weight excluding hydrogens is 837 g/mol. The molecule has 0 N–H and O–H groups in total. The van der Waals surface area contributed by atoms with Crippen molar-refractivity contribution in [2.45, 2.75) is 44.9 Å². The standard InChI is InChI=1S/C54H40N2O2S4/c1-35-27-29-55-45(31-35)51(53(47(55)49(57)39-17-5-3-6-18-39)59-33-41-23-13-21-37-15-9-11-25-43(37)41)61-62-52-46-32-36(2)28-30-56(46)48(50(58)40-19-7-4-8-20-40)54(52)60-34-42-24-14-22-38-16-10-12-26-44(38)42/h3-32H,33-34H2,1-2H3. The fourth-order valence-electron chi connectivity index (χ4n) is 8.14. The first-order valence-corrected chi connectivity index (χ1v) is 24.6. The summed E-state index contributed by atoms with van der Waals surface area (Å²) in [4.78, 5) is 33.5. The zero-order valence-electron chi connectivity index (χ0n) is 34.1. The Morgan fingerprint density at radius 1 is 0.435 bits per heavy atom. The van der Waals surface area contributed by atoms with Gasteiger partial charge in [-0.25, -0.2) is 0 Å². The van der Waals surface area contributed by atoms with Gasteiger partial charge in [-0.15, -0.1) is 23.5 Å². The van der Waals surface area contributed by atoms with Crippen molar-refractivity contribution < 1.29 is 9.59 Å². The molecule has 62 heavy (non-hydrogen) atoms. The van der Waals surface area contributed by atoms with Gasteiger partial charge >= 0.3 is 0 Å². The number of hydrogen-bond acceptors (Lipinski definition) is 6. The van der Waals surface area contributed by atoms with E-state index in [0.717, 1.165) is 41.7 Å². The highest BCUT2D eigenvalue weighted by molar-refractivity contribution is 8.76. The Morgan fingerprint density at radius 2 is 0.823 bits per heavy atom. The number of thioether (sulfide) groups is 2. The average Bonchev–Trinajstić information content (AvgIpc) is 3.79. The van der Waals surface area contributed by atoms with E-state index >= 15 is 0 Å². The van der Waals surface area contributed by atoms with Gasteiger partial charge in [0.05, 0.1) is 30.6 Å². The molecule has 0 bridgehead atoms. The fourth-order valence-corrected chi connectivity index (χ4v) is 13.8. The van der Waals surface area contributed by atoms with E-state index in [2.05, 4.69) is 132 Å². The summed E-state index contributed by atoms with van der Waals surface area (Å²) in [5.41, 5.74) is 9.21. The number of fused-ring (bicyclic) bond motifs is 4. The number of aromatic nitrogens is 2. The average molecular weight is 877 g/mol. The number of ketones is 2. The lowest BCUT2D eigenvalue weighted by Gasteiger charge is -2.11. The lowest BCUT2D eigenvalue weighted by Crippen LogP contribution is -2.06. The quantitative estimate of drug-likeness (QED) is 0.0653. The van der Waals surface area contributed by atoms with Crippen LogP contribution in [-0.4, -0.2) is 20.4 Å². The maximum absolute atomic E-state index is 14.8. The predicted octanol–water partition coefficient (Wildman–Crippen LogP) is 15.0. The van der Waals surface area contributed by atoms with Crippen LogP contribution in [0.2, 0.25) is 0 Å². The van der Waals surface area contributed by atoms with Crippen molar-refractivity contribution >= 4 is 89.3 Å². The van der Waals surface area contributed by atoms with Gasteiger partial charge in [0.25, 0.3) is 0 Å². The Labute approximate surface area is 377 Å². The van der Waals surface area contributed by atoms with Gasteiger partial charge in [0.15, 0.2) is 0 Å². The smallest absolute Gasteiger partial charge is 0.210 e. The third-order valence-corrected chi connectivity index (χ3v) is 16.3. The first-order valence-electron chi connectivity index (χ1n) is 20.4. The maximum Gasteiger partial charge on any atom is 0.210 e. The van der Waals surface area contributed by atoms with Crippen LogP contribution < -0.4 is 0 Å². The molecule has 0 spiro atoms. The van der Waals surface area contributed by atoms with Crippen molar-refractivity contribution in [3.8, 4) is 0 Å². The molecular formula is C54H40N2O2S4. The Kier molecular flexibility index (Phi) is 11.3. The highest BCUT2D eigenvalue weighted by Gasteiger charge is 2.29. The van der Waals surface area contributed by atoms with E-state index in [1.807, 2.05) is 73.1 Å². The molecule has 0 saturated carbocycles. The fraction of sp³-hybridized carbons (Fsp3) is 0.0741. The van der Waals surface area contributed by atoms with E-state index in [4.69, 9.17) is 0 Å². The number of hydrogen-bond donors (Lipinski definition) is 0. The van der Waals surface area contributed by atoms with Crippen molar-refractivity contribution in [1.29, 1.82) is 0 Å². The summed E-state index contributed by atoms with van der Waals surface area (Å²) in [5, 5.41) is 4.81. The Hall–Kier alpha value is -5.90. The van der Waals surface area contributed by atoms with Gasteiger partial charge < -0.3 is 8.80 Å². The molecule has 0 aliphatic carbocycles. The Balaban J connectivity index is 1.13. The molecule has 6 aromatic carbocycles. The van der Waals surface area contributed by atoms with Gasteiger partial charge in [0, 0.05) is 35.0 Å². The van der Waals surface area contributed by atoms with Crippen LogP contribution in [0.1, 0.15) is 54.4 Å². The number of aryl methyl sites for hydroxylation is 2. The Bertz CT molecular complexity index is 3090. The molecule has 0 unspecified atom stereocenters. The van der Waals surface area contributed by atoms with Crippen molar-refractivity contribution in [2.75, 3.05) is 0 Å². The largest absolute Gasteiger partial charge is 0.311 e. The summed E-state index contributed by atoms with van der Waals surface area (Å²) in [6.45, 7) is 4.20. The topological polar surface area (TPSA) is 43.0 Å². The number of rotatable bonds is 13. The summed E-state index contributed by atoms with van der Waals surface area (Å²) in [6, 6.07) is 57.6. The molecule has 4 aromatic heterocycles. The van der Waals surface area contributed by atoms with E-state index in [0.29, 0.717) is 34.0 Å². The molecule has 0 aliphatic rings. The first kappa shape index (κ1) is 40.2. The van der Waals surface area contributed by atoms with E-state index in [1.54, 1.807) is 45.1 Å². The van der Waals surface area contributed by atoms with Crippen LogP contribution in [0, 0.1) is 13.8 Å². The number of pyridine rings is 2. The van der Waals surface area contributed by atoms with Crippen LogP contribution in [0.25, 0.3) is 32.6 Å². The van der Waals surface area contributed by atoms with Crippen LogP contribution >= 0.6 is 45.1 Å². The lowest BCUT2D eigenvalue weighted by atomic mass is 10.1. The second-order valence-electron chi connectivity index (χ2n) is 15.3. The highest BCUT2D eigenvalue weighted by Crippen LogP contribution is 2.53. The third-order valence-electron chi connectivity index (χ3n) is 11.2. The molecule has 4 nitrogen and oxygen atoms in total. The predicted molar refractivity (Wildman–Crippen MR) is 263 cm³/mol. The third kappa shape index (κ3) is 7.66. The molecule has 4 heterocycles. The number of carbonyl (C=O) groups excluding carboxylic acids is 2. The normalized spacial score (nSPS) is 11.6. The van der Waals surface area contributed by atoms with Crippen LogP contribution in [0.3, 0.4) is 0 Å². The van der Waals surface area contributed by atoms with Crippen LogP contribution in [0.4, 0.5) is 0 Å². The zero-order valence-corrected chi connectivity index (χ0v) is 37.3. The monoisotopic (exact) mass is 876 g/mol. The van der Waals surface area contributed by atoms with Crippen molar-refractivity contribution in [3.63, 3.8) is 0 Å². The minimum absolute atomic E-state index is 0.0197. The van der Waals surface area contributed by atoms with E-state index in [9.17, 15) is 9.59 Å². The molecule has 10 rings (SSSR count). The molecule has 8 heteroatoms. The van der Waals surface area contributed by atoms with E-state index < -0.39 is 0 Å². The highest BCUT2D eigenvalue weighted by atomic mass is 33.1. The zero-order chi connectivity index (χ0) is 42.2. The number of benzene rings is 6. The molecule has 0 radical (unpaired) electrons. The molecule has 0 atom stereocenters. The van der Waals surface area contributed by atoms with Gasteiger partial charge in [0.1, 0.15) is 11.4 Å². The minimum atomic E-state index is -0.0197. The van der Waals surface area contributed by atoms with Crippen LogP contribution in [0.5, 0.6) is 0 Å². The molecule has 0 aliphatic heterocycles. The van der Waals surface area contributed by atoms with Gasteiger partial charge in [0.2, 0.25) is 11.6 Å². The lowest BCUT2D eigenvalue weighted by molar-refractivity contribution is 0.102. The van der Waals surface area contributed by atoms with Crippen LogP contribution in [0.15, 0.2) is 202 Å². The summed E-state index contributed by atoms with van der Waals surface area (Å²) < 4.78 is 4.17. The summed E-state index contributed by atoms with van der Waals surface area (Å²) in [5.74, 6) is 1.32. The molecule has 0 saturated heterocycles. The van der Waals surface area contributed by atoms with Crippen molar-refractivity contribution in [3.05, 3.63) is 227 Å². The van der Waals surface area contributed by atoms with Gasteiger partial charge in [-0.2, -0.15) is 0 Å². The summed E-state index contributed by atoms with van der Waals surface area (Å²) in [6.07, 6.45) is 4.08. The van der Waals surface area contributed by atoms with Crippen molar-refractivity contribution in [2.24, 2.45) is 0 Å². The summed E-state index contributed by atoms with van der Waals surface area (Å²) >= 11 is 3.43. The van der Waals surface area contributed by atoms with Gasteiger partial charge in [-0.3, -0.25) is 9.59 Å².